The highest BCUT2D eigenvalue weighted by molar-refractivity contribution is 5.59. The molecule has 1 N–H and O–H groups in total. The molecule has 0 saturated heterocycles. The lowest BCUT2D eigenvalue weighted by Crippen LogP contribution is -2.45. The molecule has 0 spiro atoms. The van der Waals surface area contributed by atoms with E-state index in [9.17, 15) is 14.3 Å². The largest absolute Gasteiger partial charge is 0.387 e. The molecule has 2 aromatic heterocycles. The van der Waals surface area contributed by atoms with Gasteiger partial charge < -0.3 is 10.0 Å². The van der Waals surface area contributed by atoms with Crippen LogP contribution < -0.4 is 10.5 Å². The number of aliphatic hydroxyl groups is 1. The third-order valence-electron chi connectivity index (χ3n) is 5.15. The van der Waals surface area contributed by atoms with Crippen LogP contribution in [0.4, 0.5) is 10.3 Å². The summed E-state index contributed by atoms with van der Waals surface area (Å²) in [5, 5.41) is 10.7. The van der Waals surface area contributed by atoms with Crippen molar-refractivity contribution < 1.29 is 9.50 Å². The maximum absolute atomic E-state index is 13.2. The van der Waals surface area contributed by atoms with E-state index in [0.29, 0.717) is 23.8 Å². The van der Waals surface area contributed by atoms with E-state index in [-0.39, 0.29) is 24.0 Å². The van der Waals surface area contributed by atoms with Crippen LogP contribution in [0.3, 0.4) is 0 Å². The number of halogens is 1. The molecule has 2 atom stereocenters. The van der Waals surface area contributed by atoms with Gasteiger partial charge in [-0.1, -0.05) is 12.1 Å². The Kier molecular flexibility index (Phi) is 4.92. The van der Waals surface area contributed by atoms with Gasteiger partial charge in [-0.25, -0.2) is 9.37 Å². The maximum atomic E-state index is 13.2. The summed E-state index contributed by atoms with van der Waals surface area (Å²) in [5.41, 5.74) is 1.89. The SMILES string of the molecule is CC1CCn2c(nc(-c3ccncc3)cc2=O)N1CC(O)c1ccc(F)cc1. The van der Waals surface area contributed by atoms with Crippen molar-refractivity contribution in [2.24, 2.45) is 0 Å². The van der Waals surface area contributed by atoms with Crippen LogP contribution in [-0.2, 0) is 6.54 Å². The maximum Gasteiger partial charge on any atom is 0.255 e. The highest BCUT2D eigenvalue weighted by atomic mass is 19.1. The third-order valence-corrected chi connectivity index (χ3v) is 5.15. The summed E-state index contributed by atoms with van der Waals surface area (Å²) in [6, 6.07) is 11.1. The average molecular weight is 380 g/mol. The van der Waals surface area contributed by atoms with Crippen LogP contribution in [0.2, 0.25) is 0 Å². The summed E-state index contributed by atoms with van der Waals surface area (Å²) in [7, 11) is 0. The molecule has 0 radical (unpaired) electrons. The molecule has 0 bridgehead atoms. The first kappa shape index (κ1) is 18.3. The zero-order valence-electron chi connectivity index (χ0n) is 15.5. The normalized spacial score (nSPS) is 17.2. The van der Waals surface area contributed by atoms with Gasteiger partial charge in [0.1, 0.15) is 5.82 Å². The van der Waals surface area contributed by atoms with Crippen LogP contribution in [0.5, 0.6) is 0 Å². The van der Waals surface area contributed by atoms with E-state index < -0.39 is 6.10 Å². The minimum atomic E-state index is -0.823. The Morgan fingerprint density at radius 3 is 2.64 bits per heavy atom. The van der Waals surface area contributed by atoms with Crippen LogP contribution in [0, 0.1) is 5.82 Å². The van der Waals surface area contributed by atoms with E-state index in [4.69, 9.17) is 4.98 Å². The lowest BCUT2D eigenvalue weighted by molar-refractivity contribution is 0.177. The van der Waals surface area contributed by atoms with E-state index in [1.165, 1.54) is 18.2 Å². The first-order chi connectivity index (χ1) is 13.5. The Morgan fingerprint density at radius 2 is 1.93 bits per heavy atom. The Labute approximate surface area is 161 Å². The molecular formula is C21H21FN4O2. The number of pyridine rings is 1. The second kappa shape index (κ2) is 7.52. The van der Waals surface area contributed by atoms with Crippen molar-refractivity contribution in [3.8, 4) is 11.3 Å². The number of rotatable bonds is 4. The fourth-order valence-electron chi connectivity index (χ4n) is 3.50. The minimum absolute atomic E-state index is 0.106. The molecule has 0 amide bonds. The number of aliphatic hydroxyl groups excluding tert-OH is 1. The van der Waals surface area contributed by atoms with Crippen molar-refractivity contribution in [1.29, 1.82) is 0 Å². The summed E-state index contributed by atoms with van der Waals surface area (Å²) in [6.45, 7) is 2.90. The zero-order valence-corrected chi connectivity index (χ0v) is 15.5. The number of anilines is 1. The average Bonchev–Trinajstić information content (AvgIpc) is 2.71. The van der Waals surface area contributed by atoms with E-state index >= 15 is 0 Å². The molecular weight excluding hydrogens is 359 g/mol. The van der Waals surface area contributed by atoms with Gasteiger partial charge in [-0.2, -0.15) is 0 Å². The number of β-amino-alcohol motifs (C(OH)–C–C–N with tert-alkyl or cyclic N) is 1. The molecule has 144 valence electrons. The second-order valence-electron chi connectivity index (χ2n) is 7.02. The molecule has 0 saturated carbocycles. The molecule has 3 aromatic rings. The molecule has 4 rings (SSSR count). The Morgan fingerprint density at radius 1 is 1.21 bits per heavy atom. The molecule has 3 heterocycles. The first-order valence-electron chi connectivity index (χ1n) is 9.25. The predicted molar refractivity (Wildman–Crippen MR) is 105 cm³/mol. The van der Waals surface area contributed by atoms with E-state index in [1.54, 1.807) is 29.1 Å². The van der Waals surface area contributed by atoms with E-state index in [0.717, 1.165) is 12.0 Å². The van der Waals surface area contributed by atoms with Gasteiger partial charge in [-0.15, -0.1) is 0 Å². The molecule has 6 nitrogen and oxygen atoms in total. The lowest BCUT2D eigenvalue weighted by Gasteiger charge is -2.37. The van der Waals surface area contributed by atoms with Crippen LogP contribution in [0.1, 0.15) is 25.0 Å². The van der Waals surface area contributed by atoms with Gasteiger partial charge in [-0.3, -0.25) is 14.3 Å². The molecule has 1 aliphatic heterocycles. The summed E-state index contributed by atoms with van der Waals surface area (Å²) in [6.07, 6.45) is 3.27. The Hall–Kier alpha value is -3.06. The van der Waals surface area contributed by atoms with Gasteiger partial charge in [0.15, 0.2) is 0 Å². The minimum Gasteiger partial charge on any atom is -0.387 e. The van der Waals surface area contributed by atoms with Gasteiger partial charge in [0, 0.05) is 36.6 Å². The molecule has 2 unspecified atom stereocenters. The van der Waals surface area contributed by atoms with E-state index in [2.05, 4.69) is 4.98 Å². The molecule has 1 aliphatic rings. The first-order valence-corrected chi connectivity index (χ1v) is 9.25. The fourth-order valence-corrected chi connectivity index (χ4v) is 3.50. The molecule has 0 aliphatic carbocycles. The van der Waals surface area contributed by atoms with Gasteiger partial charge in [0.2, 0.25) is 5.95 Å². The van der Waals surface area contributed by atoms with E-state index in [1.807, 2.05) is 24.0 Å². The summed E-state index contributed by atoms with van der Waals surface area (Å²) in [4.78, 5) is 23.4. The predicted octanol–water partition coefficient (Wildman–Crippen LogP) is 2.78. The van der Waals surface area contributed by atoms with Crippen molar-refractivity contribution >= 4 is 5.95 Å². The smallest absolute Gasteiger partial charge is 0.255 e. The number of benzene rings is 1. The zero-order chi connectivity index (χ0) is 19.7. The topological polar surface area (TPSA) is 71.2 Å². The van der Waals surface area contributed by atoms with Crippen LogP contribution in [0.25, 0.3) is 11.3 Å². The lowest BCUT2D eigenvalue weighted by atomic mass is 10.1. The molecule has 0 fully saturated rings. The number of hydrogen-bond donors (Lipinski definition) is 1. The number of aromatic nitrogens is 3. The van der Waals surface area contributed by atoms with Crippen molar-refractivity contribution in [1.82, 2.24) is 14.5 Å². The van der Waals surface area contributed by atoms with Crippen molar-refractivity contribution in [2.75, 3.05) is 11.4 Å². The number of hydrogen-bond acceptors (Lipinski definition) is 5. The Bertz CT molecular complexity index is 1020. The standard InChI is InChI=1S/C21H21FN4O2/c1-14-8-11-25-20(28)12-18(15-6-9-23-10-7-15)24-21(25)26(14)13-19(27)16-2-4-17(22)5-3-16/h2-7,9-10,12,14,19,27H,8,11,13H2,1H3. The van der Waals surface area contributed by atoms with Gasteiger partial charge in [0.05, 0.1) is 18.3 Å². The fraction of sp³-hybridized carbons (Fsp3) is 0.286. The monoisotopic (exact) mass is 380 g/mol. The highest BCUT2D eigenvalue weighted by Crippen LogP contribution is 2.27. The van der Waals surface area contributed by atoms with Gasteiger partial charge >= 0.3 is 0 Å². The van der Waals surface area contributed by atoms with Gasteiger partial charge in [-0.05, 0) is 43.2 Å². The number of fused-ring (bicyclic) bond motifs is 1. The highest BCUT2D eigenvalue weighted by Gasteiger charge is 2.28. The quantitative estimate of drug-likeness (QED) is 0.754. The van der Waals surface area contributed by atoms with Gasteiger partial charge in [0.25, 0.3) is 5.56 Å². The Balaban J connectivity index is 1.70. The van der Waals surface area contributed by atoms with Crippen molar-refractivity contribution in [3.63, 3.8) is 0 Å². The van der Waals surface area contributed by atoms with Crippen molar-refractivity contribution in [2.45, 2.75) is 32.0 Å². The number of nitrogens with zero attached hydrogens (tertiary/aromatic N) is 4. The summed E-state index contributed by atoms with van der Waals surface area (Å²) in [5.74, 6) is 0.196. The van der Waals surface area contributed by atoms with Crippen molar-refractivity contribution in [3.05, 3.63) is 76.6 Å². The molecule has 7 heteroatoms. The summed E-state index contributed by atoms with van der Waals surface area (Å²) >= 11 is 0. The van der Waals surface area contributed by atoms with Crippen LogP contribution in [-0.4, -0.2) is 32.2 Å². The van der Waals surface area contributed by atoms with Crippen LogP contribution >= 0.6 is 0 Å². The third kappa shape index (κ3) is 3.53. The molecule has 28 heavy (non-hydrogen) atoms. The second-order valence-corrected chi connectivity index (χ2v) is 7.02. The molecule has 1 aromatic carbocycles. The summed E-state index contributed by atoms with van der Waals surface area (Å²) < 4.78 is 14.8. The van der Waals surface area contributed by atoms with Crippen LogP contribution in [0.15, 0.2) is 59.7 Å².